The number of benzene rings is 1. The van der Waals surface area contributed by atoms with Crippen molar-refractivity contribution in [2.45, 2.75) is 20.3 Å². The Balaban J connectivity index is 2.13. The van der Waals surface area contributed by atoms with Gasteiger partial charge in [-0.15, -0.1) is 0 Å². The van der Waals surface area contributed by atoms with Crippen LogP contribution in [0.5, 0.6) is 11.5 Å². The average molecular weight is 293 g/mol. The summed E-state index contributed by atoms with van der Waals surface area (Å²) in [7, 11) is 0. The number of hydrogen-bond donors (Lipinski definition) is 2. The van der Waals surface area contributed by atoms with Crippen molar-refractivity contribution in [1.29, 1.82) is 0 Å². The molecule has 2 N–H and O–H groups in total. The van der Waals surface area contributed by atoms with E-state index in [1.165, 1.54) is 0 Å². The Labute approximate surface area is 123 Å². The van der Waals surface area contributed by atoms with E-state index in [0.717, 1.165) is 0 Å². The van der Waals surface area contributed by atoms with Gasteiger partial charge in [-0.1, -0.05) is 13.0 Å². The largest absolute Gasteiger partial charge is 0.486 e. The number of para-hydroxylation sites is 1. The van der Waals surface area contributed by atoms with Crippen molar-refractivity contribution >= 4 is 11.9 Å². The van der Waals surface area contributed by atoms with Crippen LogP contribution in [0.15, 0.2) is 18.2 Å². The lowest BCUT2D eigenvalue weighted by molar-refractivity contribution is -0.147. The Morgan fingerprint density at radius 3 is 2.71 bits per heavy atom. The third kappa shape index (κ3) is 3.09. The van der Waals surface area contributed by atoms with Crippen LogP contribution in [-0.2, 0) is 4.79 Å². The van der Waals surface area contributed by atoms with Crippen LogP contribution in [0.4, 0.5) is 0 Å². The van der Waals surface area contributed by atoms with E-state index in [0.29, 0.717) is 36.7 Å². The van der Waals surface area contributed by atoms with Crippen molar-refractivity contribution in [3.05, 3.63) is 23.8 Å². The van der Waals surface area contributed by atoms with Crippen LogP contribution in [0.2, 0.25) is 0 Å². The van der Waals surface area contributed by atoms with Gasteiger partial charge < -0.3 is 19.9 Å². The van der Waals surface area contributed by atoms with Crippen molar-refractivity contribution < 1.29 is 24.2 Å². The zero-order valence-electron chi connectivity index (χ0n) is 12.1. The van der Waals surface area contributed by atoms with Gasteiger partial charge in [0.1, 0.15) is 13.2 Å². The first-order valence-corrected chi connectivity index (χ1v) is 6.88. The van der Waals surface area contributed by atoms with E-state index in [2.05, 4.69) is 5.32 Å². The molecule has 0 radical (unpaired) electrons. The number of nitrogens with one attached hydrogen (secondary N) is 1. The summed E-state index contributed by atoms with van der Waals surface area (Å²) in [5, 5.41) is 11.9. The summed E-state index contributed by atoms with van der Waals surface area (Å²) in [6.07, 6.45) is 0.426. The minimum atomic E-state index is -0.984. The summed E-state index contributed by atoms with van der Waals surface area (Å²) in [6, 6.07) is 5.07. The molecule has 1 atom stereocenters. The maximum Gasteiger partial charge on any atom is 0.311 e. The molecule has 1 aliphatic heterocycles. The fourth-order valence-electron chi connectivity index (χ4n) is 1.97. The number of hydrogen-bond acceptors (Lipinski definition) is 4. The van der Waals surface area contributed by atoms with E-state index in [1.807, 2.05) is 0 Å². The lowest BCUT2D eigenvalue weighted by Gasteiger charge is -2.24. The van der Waals surface area contributed by atoms with Gasteiger partial charge in [0, 0.05) is 6.54 Å². The third-order valence-corrected chi connectivity index (χ3v) is 3.75. The van der Waals surface area contributed by atoms with E-state index in [-0.39, 0.29) is 12.5 Å². The van der Waals surface area contributed by atoms with Gasteiger partial charge >= 0.3 is 5.97 Å². The summed E-state index contributed by atoms with van der Waals surface area (Å²) in [5.41, 5.74) is -0.627. The van der Waals surface area contributed by atoms with Crippen LogP contribution < -0.4 is 14.8 Å². The first kappa shape index (κ1) is 15.2. The smallest absolute Gasteiger partial charge is 0.311 e. The number of carboxylic acid groups (broad SMARTS) is 1. The van der Waals surface area contributed by atoms with Gasteiger partial charge in [-0.05, 0) is 25.5 Å². The number of fused-ring (bicyclic) bond motifs is 1. The summed E-state index contributed by atoms with van der Waals surface area (Å²) >= 11 is 0. The molecule has 1 aromatic rings. The highest BCUT2D eigenvalue weighted by atomic mass is 16.6. The lowest BCUT2D eigenvalue weighted by Crippen LogP contribution is -2.40. The van der Waals surface area contributed by atoms with E-state index in [1.54, 1.807) is 32.0 Å². The third-order valence-electron chi connectivity index (χ3n) is 3.75. The van der Waals surface area contributed by atoms with Gasteiger partial charge in [0.15, 0.2) is 11.5 Å². The molecule has 1 amide bonds. The molecular weight excluding hydrogens is 274 g/mol. The first-order valence-electron chi connectivity index (χ1n) is 6.88. The molecule has 0 saturated carbocycles. The zero-order chi connectivity index (χ0) is 15.5. The Hall–Kier alpha value is -2.24. The average Bonchev–Trinajstić information content (AvgIpc) is 2.51. The summed E-state index contributed by atoms with van der Waals surface area (Å²) < 4.78 is 10.9. The Kier molecular flexibility index (Phi) is 4.35. The molecule has 1 unspecified atom stereocenters. The molecule has 0 aromatic heterocycles. The predicted octanol–water partition coefficient (Wildman–Crippen LogP) is 1.69. The normalized spacial score (nSPS) is 15.9. The SMILES string of the molecule is CCC(C)(CNC(=O)c1cccc2c1OCCO2)C(=O)O. The molecule has 0 fully saturated rings. The number of ether oxygens (including phenoxy) is 2. The predicted molar refractivity (Wildman–Crippen MR) is 75.8 cm³/mol. The van der Waals surface area contributed by atoms with Crippen LogP contribution in [0, 0.1) is 5.41 Å². The Morgan fingerprint density at radius 2 is 2.05 bits per heavy atom. The van der Waals surface area contributed by atoms with Crippen LogP contribution in [0.1, 0.15) is 30.6 Å². The highest BCUT2D eigenvalue weighted by molar-refractivity contribution is 5.98. The monoisotopic (exact) mass is 293 g/mol. The topological polar surface area (TPSA) is 84.9 Å². The van der Waals surface area contributed by atoms with Crippen molar-refractivity contribution in [3.63, 3.8) is 0 Å². The van der Waals surface area contributed by atoms with Gasteiger partial charge in [0.25, 0.3) is 5.91 Å². The molecule has 0 bridgehead atoms. The molecule has 1 heterocycles. The molecule has 21 heavy (non-hydrogen) atoms. The minimum absolute atomic E-state index is 0.0577. The molecule has 6 nitrogen and oxygen atoms in total. The van der Waals surface area contributed by atoms with E-state index in [4.69, 9.17) is 9.47 Å². The van der Waals surface area contributed by atoms with Gasteiger partial charge in [-0.25, -0.2) is 0 Å². The number of carbonyl (C=O) groups excluding carboxylic acids is 1. The van der Waals surface area contributed by atoms with Crippen molar-refractivity contribution in [2.24, 2.45) is 5.41 Å². The van der Waals surface area contributed by atoms with Gasteiger partial charge in [0.05, 0.1) is 11.0 Å². The van der Waals surface area contributed by atoms with Gasteiger partial charge in [0.2, 0.25) is 0 Å². The molecule has 0 aliphatic carbocycles. The molecule has 114 valence electrons. The van der Waals surface area contributed by atoms with Gasteiger partial charge in [-0.2, -0.15) is 0 Å². The maximum absolute atomic E-state index is 12.3. The Bertz CT molecular complexity index is 557. The summed E-state index contributed by atoms with van der Waals surface area (Å²) in [4.78, 5) is 23.5. The Morgan fingerprint density at radius 1 is 1.33 bits per heavy atom. The second-order valence-electron chi connectivity index (χ2n) is 5.23. The summed E-state index contributed by atoms with van der Waals surface area (Å²) in [5.74, 6) is -0.349. The van der Waals surface area contributed by atoms with Crippen molar-refractivity contribution in [1.82, 2.24) is 5.32 Å². The van der Waals surface area contributed by atoms with Crippen LogP contribution in [-0.4, -0.2) is 36.7 Å². The highest BCUT2D eigenvalue weighted by Crippen LogP contribution is 2.33. The second kappa shape index (κ2) is 6.03. The fraction of sp³-hybridized carbons (Fsp3) is 0.467. The minimum Gasteiger partial charge on any atom is -0.486 e. The number of aliphatic carboxylic acids is 1. The quantitative estimate of drug-likeness (QED) is 0.863. The molecule has 0 spiro atoms. The van der Waals surface area contributed by atoms with Crippen molar-refractivity contribution in [2.75, 3.05) is 19.8 Å². The van der Waals surface area contributed by atoms with Gasteiger partial charge in [-0.3, -0.25) is 9.59 Å². The standard InChI is InChI=1S/C15H19NO5/c1-3-15(2,14(18)19)9-16-13(17)10-5-4-6-11-12(10)21-8-7-20-11/h4-6H,3,7-9H2,1-2H3,(H,16,17)(H,18,19). The molecule has 2 rings (SSSR count). The zero-order valence-corrected chi connectivity index (χ0v) is 12.1. The number of amides is 1. The van der Waals surface area contributed by atoms with Crippen LogP contribution in [0.3, 0.4) is 0 Å². The number of rotatable bonds is 5. The van der Waals surface area contributed by atoms with E-state index in [9.17, 15) is 14.7 Å². The first-order chi connectivity index (χ1) is 9.98. The molecular formula is C15H19NO5. The number of carboxylic acids is 1. The van der Waals surface area contributed by atoms with Crippen LogP contribution >= 0.6 is 0 Å². The number of carbonyl (C=O) groups is 2. The second-order valence-corrected chi connectivity index (χ2v) is 5.23. The lowest BCUT2D eigenvalue weighted by atomic mass is 9.87. The van der Waals surface area contributed by atoms with Crippen LogP contribution in [0.25, 0.3) is 0 Å². The van der Waals surface area contributed by atoms with E-state index < -0.39 is 11.4 Å². The maximum atomic E-state index is 12.3. The van der Waals surface area contributed by atoms with Crippen molar-refractivity contribution in [3.8, 4) is 11.5 Å². The molecule has 1 aromatic carbocycles. The molecule has 6 heteroatoms. The van der Waals surface area contributed by atoms with E-state index >= 15 is 0 Å². The summed E-state index contributed by atoms with van der Waals surface area (Å²) in [6.45, 7) is 4.28. The fourth-order valence-corrected chi connectivity index (χ4v) is 1.97. The highest BCUT2D eigenvalue weighted by Gasteiger charge is 2.32. The molecule has 1 aliphatic rings. The molecule has 0 saturated heterocycles.